The van der Waals surface area contributed by atoms with Crippen LogP contribution in [0.5, 0.6) is 0 Å². The number of nitrogens with one attached hydrogen (secondary N) is 2. The Kier molecular flexibility index (Phi) is 7.81. The maximum atomic E-state index is 4.31. The quantitative estimate of drug-likeness (QED) is 0.561. The average molecular weight is 254 g/mol. The zero-order chi connectivity index (χ0) is 13.2. The van der Waals surface area contributed by atoms with Crippen LogP contribution in [-0.4, -0.2) is 50.1 Å². The molecule has 0 radical (unpaired) electrons. The van der Waals surface area contributed by atoms with E-state index in [0.717, 1.165) is 32.1 Å². The number of guanidine groups is 1. The van der Waals surface area contributed by atoms with Crippen LogP contribution in [-0.2, 0) is 0 Å². The molecule has 0 saturated heterocycles. The summed E-state index contributed by atoms with van der Waals surface area (Å²) < 4.78 is 0. The molecule has 4 heteroatoms. The molecule has 0 amide bonds. The lowest BCUT2D eigenvalue weighted by Gasteiger charge is -2.25. The number of rotatable bonds is 6. The molecule has 0 bridgehead atoms. The van der Waals surface area contributed by atoms with Crippen LogP contribution in [0.1, 0.15) is 46.0 Å². The maximum absolute atomic E-state index is 4.31. The fourth-order valence-electron chi connectivity index (χ4n) is 2.51. The molecule has 2 N–H and O–H groups in total. The number of likely N-dealkylation sites (N-methyl/N-ethyl adjacent to an activating group) is 1. The lowest BCUT2D eigenvalue weighted by atomic mass is 9.96. The lowest BCUT2D eigenvalue weighted by molar-refractivity contribution is 0.307. The van der Waals surface area contributed by atoms with Gasteiger partial charge in [0.15, 0.2) is 5.96 Å². The van der Waals surface area contributed by atoms with Crippen LogP contribution in [0.25, 0.3) is 0 Å². The van der Waals surface area contributed by atoms with Gasteiger partial charge in [-0.1, -0.05) is 33.1 Å². The van der Waals surface area contributed by atoms with Crippen LogP contribution < -0.4 is 10.6 Å². The van der Waals surface area contributed by atoms with Gasteiger partial charge in [0.25, 0.3) is 0 Å². The Morgan fingerprint density at radius 3 is 2.39 bits per heavy atom. The molecule has 1 fully saturated rings. The van der Waals surface area contributed by atoms with Gasteiger partial charge in [-0.25, -0.2) is 0 Å². The van der Waals surface area contributed by atoms with Crippen molar-refractivity contribution in [2.75, 3.05) is 33.2 Å². The third-order valence-corrected chi connectivity index (χ3v) is 3.78. The van der Waals surface area contributed by atoms with Gasteiger partial charge in [0.05, 0.1) is 0 Å². The monoisotopic (exact) mass is 254 g/mol. The molecule has 0 aliphatic heterocycles. The molecular weight excluding hydrogens is 224 g/mol. The predicted octanol–water partition coefficient (Wildman–Crippen LogP) is 1.83. The molecule has 0 heterocycles. The Labute approximate surface area is 112 Å². The Hall–Kier alpha value is -0.770. The molecule has 1 saturated carbocycles. The number of nitrogens with zero attached hydrogens (tertiary/aromatic N) is 2. The number of hydrogen-bond donors (Lipinski definition) is 2. The normalized spacial score (nSPS) is 18.1. The van der Waals surface area contributed by atoms with Crippen molar-refractivity contribution in [1.82, 2.24) is 15.5 Å². The molecule has 18 heavy (non-hydrogen) atoms. The average Bonchev–Trinajstić information content (AvgIpc) is 2.43. The molecule has 4 nitrogen and oxygen atoms in total. The van der Waals surface area contributed by atoms with E-state index in [9.17, 15) is 0 Å². The highest BCUT2D eigenvalue weighted by Crippen LogP contribution is 2.17. The fraction of sp³-hybridized carbons (Fsp3) is 0.929. The maximum Gasteiger partial charge on any atom is 0.191 e. The first-order valence-corrected chi connectivity index (χ1v) is 7.49. The minimum atomic E-state index is 0.624. The molecule has 1 aliphatic rings. The van der Waals surface area contributed by atoms with Crippen LogP contribution in [0.2, 0.25) is 0 Å². The number of hydrogen-bond acceptors (Lipinski definition) is 2. The first-order chi connectivity index (χ1) is 8.80. The summed E-state index contributed by atoms with van der Waals surface area (Å²) in [5.41, 5.74) is 0. The first kappa shape index (κ1) is 15.3. The van der Waals surface area contributed by atoms with Crippen molar-refractivity contribution in [2.45, 2.75) is 52.0 Å². The Morgan fingerprint density at radius 1 is 1.17 bits per heavy atom. The van der Waals surface area contributed by atoms with Crippen molar-refractivity contribution in [3.8, 4) is 0 Å². The van der Waals surface area contributed by atoms with Gasteiger partial charge in [0, 0.05) is 26.2 Å². The van der Waals surface area contributed by atoms with E-state index in [4.69, 9.17) is 0 Å². The highest BCUT2D eigenvalue weighted by Gasteiger charge is 2.14. The van der Waals surface area contributed by atoms with Crippen LogP contribution >= 0.6 is 0 Å². The molecule has 0 aromatic rings. The van der Waals surface area contributed by atoms with Gasteiger partial charge >= 0.3 is 0 Å². The van der Waals surface area contributed by atoms with Crippen molar-refractivity contribution in [3.63, 3.8) is 0 Å². The van der Waals surface area contributed by atoms with Crippen molar-refractivity contribution in [1.29, 1.82) is 0 Å². The van der Waals surface area contributed by atoms with Gasteiger partial charge in [-0.05, 0) is 25.9 Å². The van der Waals surface area contributed by atoms with Crippen molar-refractivity contribution >= 4 is 5.96 Å². The summed E-state index contributed by atoms with van der Waals surface area (Å²) in [5, 5.41) is 6.95. The summed E-state index contributed by atoms with van der Waals surface area (Å²) in [6.07, 6.45) is 6.68. The summed E-state index contributed by atoms with van der Waals surface area (Å²) in [5.74, 6) is 0.967. The predicted molar refractivity (Wildman–Crippen MR) is 79.2 cm³/mol. The van der Waals surface area contributed by atoms with E-state index in [0.29, 0.717) is 6.04 Å². The molecule has 0 spiro atoms. The molecule has 0 unspecified atom stereocenters. The van der Waals surface area contributed by atoms with E-state index in [2.05, 4.69) is 34.4 Å². The van der Waals surface area contributed by atoms with Crippen molar-refractivity contribution < 1.29 is 0 Å². The van der Waals surface area contributed by atoms with E-state index in [1.54, 1.807) is 0 Å². The van der Waals surface area contributed by atoms with Crippen LogP contribution in [0.15, 0.2) is 4.99 Å². The summed E-state index contributed by atoms with van der Waals surface area (Å²) in [4.78, 5) is 6.72. The first-order valence-electron chi connectivity index (χ1n) is 7.49. The molecule has 1 aliphatic carbocycles. The Bertz CT molecular complexity index is 230. The van der Waals surface area contributed by atoms with Crippen LogP contribution in [0.3, 0.4) is 0 Å². The lowest BCUT2D eigenvalue weighted by Crippen LogP contribution is -2.46. The Balaban J connectivity index is 2.20. The van der Waals surface area contributed by atoms with E-state index >= 15 is 0 Å². The summed E-state index contributed by atoms with van der Waals surface area (Å²) in [6, 6.07) is 0.624. The molecule has 0 atom stereocenters. The van der Waals surface area contributed by atoms with E-state index in [-0.39, 0.29) is 0 Å². The summed E-state index contributed by atoms with van der Waals surface area (Å²) in [7, 11) is 1.86. The van der Waals surface area contributed by atoms with Crippen LogP contribution in [0.4, 0.5) is 0 Å². The molecule has 0 aromatic carbocycles. The standard InChI is InChI=1S/C14H30N4/c1-4-18(5-2)12-11-16-14(15-3)17-13-9-7-6-8-10-13/h13H,4-12H2,1-3H3,(H2,15,16,17). The van der Waals surface area contributed by atoms with Gasteiger partial charge in [-0.2, -0.15) is 0 Å². The summed E-state index contributed by atoms with van der Waals surface area (Å²) >= 11 is 0. The smallest absolute Gasteiger partial charge is 0.191 e. The van der Waals surface area contributed by atoms with Gasteiger partial charge in [0.2, 0.25) is 0 Å². The fourth-order valence-corrected chi connectivity index (χ4v) is 2.51. The SMILES string of the molecule is CCN(CC)CCNC(=NC)NC1CCCCC1. The molecular formula is C14H30N4. The summed E-state index contributed by atoms with van der Waals surface area (Å²) in [6.45, 7) is 8.70. The second-order valence-electron chi connectivity index (χ2n) is 5.01. The zero-order valence-corrected chi connectivity index (χ0v) is 12.3. The van der Waals surface area contributed by atoms with E-state index < -0.39 is 0 Å². The van der Waals surface area contributed by atoms with Crippen molar-refractivity contribution in [3.05, 3.63) is 0 Å². The highest BCUT2D eigenvalue weighted by atomic mass is 15.2. The molecule has 0 aromatic heterocycles. The number of aliphatic imine (C=N–C) groups is 1. The van der Waals surface area contributed by atoms with E-state index in [1.165, 1.54) is 32.1 Å². The van der Waals surface area contributed by atoms with Gasteiger partial charge in [-0.15, -0.1) is 0 Å². The van der Waals surface area contributed by atoms with Crippen molar-refractivity contribution in [2.24, 2.45) is 4.99 Å². The minimum absolute atomic E-state index is 0.624. The third kappa shape index (κ3) is 5.71. The van der Waals surface area contributed by atoms with E-state index in [1.807, 2.05) is 7.05 Å². The minimum Gasteiger partial charge on any atom is -0.355 e. The highest BCUT2D eigenvalue weighted by molar-refractivity contribution is 5.79. The largest absolute Gasteiger partial charge is 0.355 e. The van der Waals surface area contributed by atoms with Gasteiger partial charge < -0.3 is 15.5 Å². The van der Waals surface area contributed by atoms with Crippen LogP contribution in [0, 0.1) is 0 Å². The van der Waals surface area contributed by atoms with Gasteiger partial charge in [0.1, 0.15) is 0 Å². The topological polar surface area (TPSA) is 39.7 Å². The second-order valence-corrected chi connectivity index (χ2v) is 5.01. The van der Waals surface area contributed by atoms with Gasteiger partial charge in [-0.3, -0.25) is 4.99 Å². The molecule has 1 rings (SSSR count). The zero-order valence-electron chi connectivity index (χ0n) is 12.3. The molecule has 106 valence electrons. The third-order valence-electron chi connectivity index (χ3n) is 3.78. The second kappa shape index (κ2) is 9.20. The Morgan fingerprint density at radius 2 is 1.83 bits per heavy atom.